The number of unbranched alkanes of at least 4 members (excludes halogenated alkanes) is 9. The molecular weight excluding hydrogens is 828 g/mol. The van der Waals surface area contributed by atoms with Gasteiger partial charge in [-0.15, -0.1) is 0 Å². The molecule has 13 nitrogen and oxygen atoms in total. The second-order valence-electron chi connectivity index (χ2n) is 15.5. The monoisotopic (exact) mass is 907 g/mol. The molecule has 1 fully saturated rings. The van der Waals surface area contributed by atoms with E-state index in [-0.39, 0.29) is 12.8 Å². The van der Waals surface area contributed by atoms with Gasteiger partial charge < -0.3 is 39.9 Å². The zero-order chi connectivity index (χ0) is 46.4. The van der Waals surface area contributed by atoms with Crippen molar-refractivity contribution < 1.29 is 63.1 Å². The summed E-state index contributed by atoms with van der Waals surface area (Å²) in [5.74, 6) is -1.23. The Bertz CT molecular complexity index is 1470. The van der Waals surface area contributed by atoms with E-state index in [2.05, 4.69) is 92.8 Å². The number of aliphatic hydroxyl groups excluding tert-OH is 5. The normalized spacial score (nSPS) is 22.6. The lowest BCUT2D eigenvalue weighted by Crippen LogP contribution is -2.64. The van der Waals surface area contributed by atoms with Crippen LogP contribution >= 0.6 is 7.82 Å². The highest BCUT2D eigenvalue weighted by Crippen LogP contribution is 2.47. The molecule has 0 aromatic carbocycles. The second-order valence-corrected chi connectivity index (χ2v) is 17.0. The lowest BCUT2D eigenvalue weighted by atomic mass is 9.85. The molecule has 8 atom stereocenters. The van der Waals surface area contributed by atoms with Gasteiger partial charge in [-0.05, 0) is 77.0 Å². The van der Waals surface area contributed by atoms with Crippen LogP contribution in [0.3, 0.4) is 0 Å². The quantitative estimate of drug-likeness (QED) is 0.0114. The van der Waals surface area contributed by atoms with Gasteiger partial charge in [0.2, 0.25) is 0 Å². The van der Waals surface area contributed by atoms with Crippen LogP contribution in [0.5, 0.6) is 0 Å². The van der Waals surface area contributed by atoms with Crippen molar-refractivity contribution in [2.24, 2.45) is 0 Å². The van der Waals surface area contributed by atoms with E-state index in [9.17, 15) is 44.6 Å². The van der Waals surface area contributed by atoms with Crippen LogP contribution in [0.2, 0.25) is 0 Å². The van der Waals surface area contributed by atoms with E-state index in [0.29, 0.717) is 19.3 Å². The van der Waals surface area contributed by atoms with Gasteiger partial charge in [0.25, 0.3) is 0 Å². The average Bonchev–Trinajstić information content (AvgIpc) is 3.26. The fraction of sp³-hybridized carbons (Fsp3) is 0.633. The zero-order valence-electron chi connectivity index (χ0n) is 37.8. The van der Waals surface area contributed by atoms with Gasteiger partial charge in [-0.25, -0.2) is 4.57 Å². The first-order chi connectivity index (χ1) is 30.4. The van der Waals surface area contributed by atoms with Crippen LogP contribution < -0.4 is 0 Å². The van der Waals surface area contributed by atoms with Gasteiger partial charge in [0.15, 0.2) is 6.10 Å². The van der Waals surface area contributed by atoms with Crippen LogP contribution in [0.25, 0.3) is 0 Å². The number of phosphoric ester groups is 1. The summed E-state index contributed by atoms with van der Waals surface area (Å²) in [7, 11) is -5.15. The Morgan fingerprint density at radius 3 is 1.51 bits per heavy atom. The van der Waals surface area contributed by atoms with Crippen LogP contribution in [0.1, 0.15) is 142 Å². The molecule has 0 saturated heterocycles. The topological polar surface area (TPSA) is 210 Å². The predicted molar refractivity (Wildman–Crippen MR) is 248 cm³/mol. The maximum absolute atomic E-state index is 12.8. The van der Waals surface area contributed by atoms with Gasteiger partial charge in [0.1, 0.15) is 43.2 Å². The Hall–Kier alpha value is -3.23. The third-order valence-electron chi connectivity index (χ3n) is 9.95. The molecule has 63 heavy (non-hydrogen) atoms. The molecular formula is C49H79O13P. The highest BCUT2D eigenvalue weighted by molar-refractivity contribution is 7.47. The summed E-state index contributed by atoms with van der Waals surface area (Å²) in [4.78, 5) is 35.7. The fourth-order valence-corrected chi connectivity index (χ4v) is 7.22. The van der Waals surface area contributed by atoms with Gasteiger partial charge in [-0.3, -0.25) is 18.6 Å². The van der Waals surface area contributed by atoms with Crippen LogP contribution in [-0.2, 0) is 32.7 Å². The molecule has 6 N–H and O–H groups in total. The Balaban J connectivity index is 2.54. The number of carbonyl (C=O) groups excluding carboxylic acids is 2. The first-order valence-corrected chi connectivity index (χ1v) is 24.6. The molecule has 1 aliphatic carbocycles. The number of hydrogen-bond donors (Lipinski definition) is 6. The van der Waals surface area contributed by atoms with Crippen molar-refractivity contribution in [1.82, 2.24) is 0 Å². The molecule has 1 aliphatic rings. The number of phosphoric acid groups is 1. The number of hydrogen-bond acceptors (Lipinski definition) is 12. The second kappa shape index (κ2) is 38.1. The highest BCUT2D eigenvalue weighted by Gasteiger charge is 2.51. The fourth-order valence-electron chi connectivity index (χ4n) is 6.24. The SMILES string of the molecule is CC/C=C/C/C=C/C/C=C/C/C=C/C/C=C/C/C=C/CCC(=O)O[C@H](COC(=O)CCCCCCC/C=C/C=C/CCCCCC)COP(=O)(O)OC1C(O)C(O)C(O)[C@@H](O)C1O. The van der Waals surface area contributed by atoms with Crippen molar-refractivity contribution in [3.63, 3.8) is 0 Å². The van der Waals surface area contributed by atoms with Crippen LogP contribution in [0, 0.1) is 0 Å². The van der Waals surface area contributed by atoms with Crippen molar-refractivity contribution in [3.05, 3.63) is 97.2 Å². The minimum absolute atomic E-state index is 0.0376. The molecule has 0 amide bonds. The summed E-state index contributed by atoms with van der Waals surface area (Å²) in [5, 5.41) is 50.1. The molecule has 0 heterocycles. The summed E-state index contributed by atoms with van der Waals surface area (Å²) in [6.45, 7) is 3.07. The van der Waals surface area contributed by atoms with Crippen LogP contribution in [0.4, 0.5) is 0 Å². The van der Waals surface area contributed by atoms with Gasteiger partial charge in [-0.1, -0.05) is 150 Å². The van der Waals surface area contributed by atoms with E-state index in [1.54, 1.807) is 0 Å². The molecule has 1 saturated carbocycles. The number of esters is 2. The van der Waals surface area contributed by atoms with Crippen LogP contribution in [-0.4, -0.2) is 98.3 Å². The van der Waals surface area contributed by atoms with Gasteiger partial charge >= 0.3 is 19.8 Å². The van der Waals surface area contributed by atoms with Crippen molar-refractivity contribution in [2.75, 3.05) is 13.2 Å². The minimum Gasteiger partial charge on any atom is -0.462 e. The van der Waals surface area contributed by atoms with E-state index in [0.717, 1.165) is 70.6 Å². The smallest absolute Gasteiger partial charge is 0.462 e. The number of rotatable bonds is 36. The van der Waals surface area contributed by atoms with E-state index in [1.807, 2.05) is 18.2 Å². The van der Waals surface area contributed by atoms with Crippen molar-refractivity contribution in [3.8, 4) is 0 Å². The van der Waals surface area contributed by atoms with Gasteiger partial charge in [-0.2, -0.15) is 0 Å². The maximum atomic E-state index is 12.8. The lowest BCUT2D eigenvalue weighted by molar-refractivity contribution is -0.220. The van der Waals surface area contributed by atoms with E-state index in [4.69, 9.17) is 18.5 Å². The van der Waals surface area contributed by atoms with Crippen LogP contribution in [0.15, 0.2) is 97.2 Å². The predicted octanol–water partition coefficient (Wildman–Crippen LogP) is 9.05. The minimum atomic E-state index is -5.15. The number of ether oxygens (including phenoxy) is 2. The molecule has 358 valence electrons. The van der Waals surface area contributed by atoms with E-state index in [1.165, 1.54) is 25.7 Å². The van der Waals surface area contributed by atoms with E-state index < -0.39 is 75.7 Å². The highest BCUT2D eigenvalue weighted by atomic mass is 31.2. The molecule has 0 aromatic heterocycles. The number of allylic oxidation sites excluding steroid dienone is 16. The molecule has 0 radical (unpaired) electrons. The lowest BCUT2D eigenvalue weighted by Gasteiger charge is -2.41. The molecule has 0 aliphatic heterocycles. The van der Waals surface area contributed by atoms with Gasteiger partial charge in [0, 0.05) is 12.8 Å². The molecule has 0 spiro atoms. The van der Waals surface area contributed by atoms with Crippen molar-refractivity contribution in [2.45, 2.75) is 185 Å². The molecule has 6 unspecified atom stereocenters. The number of carbonyl (C=O) groups is 2. The largest absolute Gasteiger partial charge is 0.472 e. The standard InChI is InChI=1S/C49H79O13P/c1-3-5-7-9-11-13-15-17-19-20-21-22-24-26-28-30-32-34-36-38-43(51)61-41(40-60-63(57,58)62-49-47(55)45(53)44(52)46(54)48(49)56)39-59-42(50)37-35-33-31-29-27-25-23-18-16-14-12-10-8-6-4-2/h5,7,11,13-14,16-19,21-23,26,28,32,34,41,44-49,52-56H,3-4,6,8-10,12,15,20,24-25,27,29-31,33,35-40H2,1-2H3,(H,57,58)/b7-5+,13-11+,16-14+,19-17+,22-21+,23-18+,28-26+,34-32+/t41-,44?,45-,46?,47?,48?,49?/m1/s1. The summed E-state index contributed by atoms with van der Waals surface area (Å²) in [6, 6.07) is 0. The first-order valence-electron chi connectivity index (χ1n) is 23.1. The number of aliphatic hydroxyl groups is 5. The first kappa shape index (κ1) is 57.8. The Morgan fingerprint density at radius 1 is 0.524 bits per heavy atom. The summed E-state index contributed by atoms with van der Waals surface area (Å²) in [6.07, 6.45) is 37.6. The summed E-state index contributed by atoms with van der Waals surface area (Å²) >= 11 is 0. The van der Waals surface area contributed by atoms with Gasteiger partial charge in [0.05, 0.1) is 6.61 Å². The van der Waals surface area contributed by atoms with E-state index >= 15 is 0 Å². The summed E-state index contributed by atoms with van der Waals surface area (Å²) < 4.78 is 33.4. The third kappa shape index (κ3) is 30.5. The maximum Gasteiger partial charge on any atom is 0.472 e. The molecule has 0 aromatic rings. The third-order valence-corrected chi connectivity index (χ3v) is 10.9. The Kier molecular flexibility index (Phi) is 34.9. The molecule has 14 heteroatoms. The molecule has 0 bridgehead atoms. The Morgan fingerprint density at radius 2 is 0.984 bits per heavy atom. The Labute approximate surface area is 377 Å². The average molecular weight is 907 g/mol. The summed E-state index contributed by atoms with van der Waals surface area (Å²) in [5.41, 5.74) is 0. The zero-order valence-corrected chi connectivity index (χ0v) is 38.7. The van der Waals surface area contributed by atoms with Crippen molar-refractivity contribution >= 4 is 19.8 Å². The van der Waals surface area contributed by atoms with Crippen molar-refractivity contribution in [1.29, 1.82) is 0 Å². The molecule has 1 rings (SSSR count).